The molecule has 63 heavy (non-hydrogen) atoms. The van der Waals surface area contributed by atoms with Gasteiger partial charge in [-0.2, -0.15) is 9.97 Å². The summed E-state index contributed by atoms with van der Waals surface area (Å²) >= 11 is 0. The Morgan fingerprint density at radius 2 is 0.841 bits per heavy atom. The van der Waals surface area contributed by atoms with Crippen molar-refractivity contribution < 1.29 is 35.6 Å². The van der Waals surface area contributed by atoms with Crippen molar-refractivity contribution in [2.24, 2.45) is 0 Å². The Morgan fingerprint density at radius 3 is 1.46 bits per heavy atom. The number of aromatic nitrogens is 6. The lowest BCUT2D eigenvalue weighted by molar-refractivity contribution is 0.953. The molecule has 0 fully saturated rings. The molecule has 6 nitrogen and oxygen atoms in total. The fraction of sp³-hybridized carbons (Fsp3) is 0. The van der Waals surface area contributed by atoms with Gasteiger partial charge in [-0.05, 0) is 53.5 Å². The molecule has 0 aliphatic heterocycles. The summed E-state index contributed by atoms with van der Waals surface area (Å²) < 4.78 is 240. The van der Waals surface area contributed by atoms with E-state index in [0.29, 0.717) is 21.5 Å². The van der Waals surface area contributed by atoms with Crippen LogP contribution in [0.2, 0.25) is 0 Å². The fourth-order valence-electron chi connectivity index (χ4n) is 8.27. The smallest absolute Gasteiger partial charge is 0.238 e. The summed E-state index contributed by atoms with van der Waals surface area (Å²) in [7, 11) is 0. The molecule has 0 amide bonds. The molecule has 6 heteroatoms. The number of benzene rings is 9. The second kappa shape index (κ2) is 14.0. The third kappa shape index (κ3) is 5.41. The Bertz CT molecular complexity index is 5270. The second-order valence-electron chi connectivity index (χ2n) is 14.1. The van der Waals surface area contributed by atoms with E-state index >= 15 is 0 Å². The summed E-state index contributed by atoms with van der Waals surface area (Å²) in [5.41, 5.74) is -4.15. The third-order valence-corrected chi connectivity index (χ3v) is 10.7. The molecule has 0 saturated carbocycles. The Labute approximate surface area is 398 Å². The monoisotopic (exact) mass is 830 g/mol. The highest BCUT2D eigenvalue weighted by molar-refractivity contribution is 6.25. The van der Waals surface area contributed by atoms with Gasteiger partial charge in [-0.3, -0.25) is 4.57 Å². The highest BCUT2D eigenvalue weighted by Crippen LogP contribution is 2.45. The highest BCUT2D eigenvalue weighted by atomic mass is 15.2. The summed E-state index contributed by atoms with van der Waals surface area (Å²) in [5.74, 6) is -1.71. The molecule has 294 valence electrons. The number of fused-ring (bicyclic) bond motifs is 10. The average molecular weight is 831 g/mol. The van der Waals surface area contributed by atoms with Gasteiger partial charge in [0.15, 0.2) is 11.6 Å². The molecule has 4 heterocycles. The molecule has 0 bridgehead atoms. The van der Waals surface area contributed by atoms with Crippen molar-refractivity contribution in [3.8, 4) is 51.2 Å². The number of hydrogen-bond donors (Lipinski definition) is 0. The number of hydrogen-bond acceptors (Lipinski definition) is 3. The van der Waals surface area contributed by atoms with Gasteiger partial charge in [0.05, 0.1) is 74.4 Å². The predicted molar refractivity (Wildman–Crippen MR) is 259 cm³/mol. The maximum absolute atomic E-state index is 10.7. The lowest BCUT2D eigenvalue weighted by Crippen LogP contribution is -2.07. The molecule has 13 aromatic rings. The first kappa shape index (κ1) is 18.2. The zero-order valence-electron chi connectivity index (χ0n) is 58.0. The number of nitrogens with zero attached hydrogens (tertiary/aromatic N) is 6. The summed E-state index contributed by atoms with van der Waals surface area (Å²) in [5, 5.41) is 0.507. The van der Waals surface area contributed by atoms with E-state index in [0.717, 1.165) is 4.57 Å². The minimum atomic E-state index is -0.898. The van der Waals surface area contributed by atoms with Crippen LogP contribution in [0.3, 0.4) is 0 Å². The van der Waals surface area contributed by atoms with Crippen molar-refractivity contribution in [2.45, 2.75) is 0 Å². The van der Waals surface area contributed by atoms with Crippen LogP contribution in [0.1, 0.15) is 35.6 Å². The molecule has 0 radical (unpaired) electrons. The van der Waals surface area contributed by atoms with Gasteiger partial charge in [-0.1, -0.05) is 175 Å². The maximum atomic E-state index is 10.7. The standard InChI is InChI=1S/C57H36N6/c1-5-19-37(20-6-1)40-35-47-44-29-15-16-30-48(44)61(41-25-11-4-12-26-41)52(47)51(36-40)62-49-31-17-13-27-42(49)45-33-34-46-43-28-14-18-32-50(43)63(54(46)53(45)62)57-59-55(38-21-7-2-8-22-38)58-56(60-57)39-23-9-3-10-24-39/h1-36H/i1D,2D,3D,4D,5D,6D,7D,8D,9D,10D,11D,12D,15D,16D,19D,20D,21D,22D,23D,24D,25D,26D,29D,30D,35D,36D. The first-order valence-corrected chi connectivity index (χ1v) is 19.2. The van der Waals surface area contributed by atoms with E-state index in [1.54, 1.807) is 60.7 Å². The molecule has 0 aliphatic rings. The van der Waals surface area contributed by atoms with Crippen LogP contribution in [0.15, 0.2) is 218 Å². The SMILES string of the molecule is [2H]c1c([2H])c([2H])c(-c2nc(-c3c([2H])c([2H])c([2H])c([2H])c3[2H])nc(-n3c4ccccc4c4ccc5c6ccccc6n(-c6c([2H])c(-c7c([2H])c([2H])c([2H])c([2H])c7[2H])c([2H])c7c8c([2H])c([2H])c([2H])c([2H])c8n(-c8c([2H])c([2H])c([2H])c([2H])c8[2H])c67)c5c43)n2)c([2H])c1[2H]. The van der Waals surface area contributed by atoms with Gasteiger partial charge in [-0.15, -0.1) is 0 Å². The van der Waals surface area contributed by atoms with E-state index in [1.165, 1.54) is 9.13 Å². The van der Waals surface area contributed by atoms with Gasteiger partial charge in [0.1, 0.15) is 0 Å². The average Bonchev–Trinajstić information content (AvgIpc) is 1.54. The summed E-state index contributed by atoms with van der Waals surface area (Å²) in [6.07, 6.45) is 0. The topological polar surface area (TPSA) is 53.5 Å². The Hall–Kier alpha value is -8.61. The van der Waals surface area contributed by atoms with E-state index in [-0.39, 0.29) is 22.1 Å². The predicted octanol–water partition coefficient (Wildman–Crippen LogP) is 14.2. The molecule has 0 aliphatic carbocycles. The molecule has 4 aromatic heterocycles. The van der Waals surface area contributed by atoms with Crippen LogP contribution in [-0.4, -0.2) is 28.7 Å². The first-order chi connectivity index (χ1) is 42.1. The molecule has 13 rings (SSSR count). The van der Waals surface area contributed by atoms with Gasteiger partial charge in [0, 0.05) is 49.1 Å². The zero-order chi connectivity index (χ0) is 64.1. The minimum absolute atomic E-state index is 0.0472. The third-order valence-electron chi connectivity index (χ3n) is 10.7. The Morgan fingerprint density at radius 1 is 0.333 bits per heavy atom. The second-order valence-corrected chi connectivity index (χ2v) is 14.1. The van der Waals surface area contributed by atoms with Gasteiger partial charge >= 0.3 is 0 Å². The minimum Gasteiger partial charge on any atom is -0.307 e. The maximum Gasteiger partial charge on any atom is 0.238 e. The lowest BCUT2D eigenvalue weighted by atomic mass is 10.0. The Kier molecular flexibility index (Phi) is 4.03. The molecular formula is C57H36N6. The van der Waals surface area contributed by atoms with Gasteiger partial charge in [0.2, 0.25) is 5.95 Å². The van der Waals surface area contributed by atoms with Crippen molar-refractivity contribution >= 4 is 65.4 Å². The van der Waals surface area contributed by atoms with Crippen molar-refractivity contribution in [3.63, 3.8) is 0 Å². The van der Waals surface area contributed by atoms with Crippen LogP contribution in [0.25, 0.3) is 117 Å². The van der Waals surface area contributed by atoms with Crippen molar-refractivity contribution in [3.05, 3.63) is 218 Å². The first-order valence-electron chi connectivity index (χ1n) is 32.2. The molecule has 0 saturated heterocycles. The zero-order valence-corrected chi connectivity index (χ0v) is 32.0. The molecule has 0 spiro atoms. The molecule has 0 unspecified atom stereocenters. The van der Waals surface area contributed by atoms with Gasteiger partial charge in [0.25, 0.3) is 0 Å². The fourth-order valence-corrected chi connectivity index (χ4v) is 8.27. The van der Waals surface area contributed by atoms with Crippen LogP contribution in [-0.2, 0) is 0 Å². The lowest BCUT2D eigenvalue weighted by Gasteiger charge is -2.17. The highest BCUT2D eigenvalue weighted by Gasteiger charge is 2.26. The molecule has 0 N–H and O–H groups in total. The molecule has 0 atom stereocenters. The molecule has 9 aromatic carbocycles. The van der Waals surface area contributed by atoms with E-state index in [1.807, 2.05) is 0 Å². The van der Waals surface area contributed by atoms with Crippen LogP contribution in [0.5, 0.6) is 0 Å². The van der Waals surface area contributed by atoms with Gasteiger partial charge in [-0.25, -0.2) is 4.98 Å². The number of para-hydroxylation sites is 4. The van der Waals surface area contributed by atoms with E-state index in [2.05, 4.69) is 4.98 Å². The number of rotatable bonds is 6. The van der Waals surface area contributed by atoms with E-state index in [9.17, 15) is 11.0 Å². The largest absolute Gasteiger partial charge is 0.307 e. The normalized spacial score (nSPS) is 17.6. The van der Waals surface area contributed by atoms with Crippen LogP contribution < -0.4 is 0 Å². The van der Waals surface area contributed by atoms with Crippen LogP contribution in [0.4, 0.5) is 0 Å². The van der Waals surface area contributed by atoms with E-state index < -0.39 is 230 Å². The summed E-state index contributed by atoms with van der Waals surface area (Å²) in [4.78, 5) is 14.1. The quantitative estimate of drug-likeness (QED) is 0.168. The van der Waals surface area contributed by atoms with Crippen molar-refractivity contribution in [1.29, 1.82) is 0 Å². The molecular weight excluding hydrogens is 769 g/mol. The van der Waals surface area contributed by atoms with Crippen molar-refractivity contribution in [2.75, 3.05) is 0 Å². The van der Waals surface area contributed by atoms with Crippen LogP contribution >= 0.6 is 0 Å². The Balaban J connectivity index is 1.34. The van der Waals surface area contributed by atoms with Crippen LogP contribution in [0, 0.1) is 0 Å². The summed E-state index contributed by atoms with van der Waals surface area (Å²) in [6.45, 7) is 0. The van der Waals surface area contributed by atoms with Gasteiger partial charge < -0.3 is 9.13 Å². The van der Waals surface area contributed by atoms with Crippen molar-refractivity contribution in [1.82, 2.24) is 28.7 Å². The summed E-state index contributed by atoms with van der Waals surface area (Å²) in [6, 6.07) is -5.07. The van der Waals surface area contributed by atoms with E-state index in [4.69, 9.17) is 34.6 Å².